The molecule has 0 atom stereocenters. The Balaban J connectivity index is 2.36. The molecular weight excluding hydrogens is 254 g/mol. The topological polar surface area (TPSA) is 88.0 Å². The maximum absolute atomic E-state index is 11.2. The Labute approximate surface area is 116 Å². The first-order valence-electron chi connectivity index (χ1n) is 6.24. The average molecular weight is 269 g/mol. The number of benzene rings is 2. The summed E-state index contributed by atoms with van der Waals surface area (Å²) >= 11 is 0. The summed E-state index contributed by atoms with van der Waals surface area (Å²) in [5.74, 6) is -0.952. The first kappa shape index (κ1) is 13.7. The Morgan fingerprint density at radius 1 is 1.15 bits per heavy atom. The molecule has 0 heterocycles. The summed E-state index contributed by atoms with van der Waals surface area (Å²) in [4.78, 5) is 11.2. The summed E-state index contributed by atoms with van der Waals surface area (Å²) < 4.78 is 0. The Kier molecular flexibility index (Phi) is 4.10. The predicted octanol–water partition coefficient (Wildman–Crippen LogP) is 3.94. The highest BCUT2D eigenvalue weighted by molar-refractivity contribution is 5.91. The number of nitrogens with zero attached hydrogens (tertiary/aromatic N) is 2. The maximum Gasteiger partial charge on any atom is 0.336 e. The summed E-state index contributed by atoms with van der Waals surface area (Å²) in [7, 11) is 0. The van der Waals surface area contributed by atoms with Gasteiger partial charge in [-0.1, -0.05) is 13.0 Å². The predicted molar refractivity (Wildman–Crippen MR) is 77.8 cm³/mol. The standard InChI is InChI=1S/C15H15N3O2/c1-2-12-13(15(19)20)4-3-5-14(12)18-17-11-8-6-10(16)7-9-11/h3-9H,2,16H2,1H3,(H,19,20). The molecule has 0 radical (unpaired) electrons. The van der Waals surface area contributed by atoms with Crippen molar-refractivity contribution in [1.82, 2.24) is 0 Å². The number of hydrogen-bond acceptors (Lipinski definition) is 4. The Morgan fingerprint density at radius 3 is 2.45 bits per heavy atom. The Hall–Kier alpha value is -2.69. The minimum absolute atomic E-state index is 0.265. The summed E-state index contributed by atoms with van der Waals surface area (Å²) in [5, 5.41) is 17.4. The van der Waals surface area contributed by atoms with Gasteiger partial charge in [-0.25, -0.2) is 4.79 Å². The van der Waals surface area contributed by atoms with E-state index >= 15 is 0 Å². The monoisotopic (exact) mass is 269 g/mol. The number of carbonyl (C=O) groups is 1. The molecule has 2 aromatic rings. The van der Waals surface area contributed by atoms with E-state index in [2.05, 4.69) is 10.2 Å². The molecule has 5 nitrogen and oxygen atoms in total. The van der Waals surface area contributed by atoms with Crippen molar-refractivity contribution in [2.75, 3.05) is 5.73 Å². The van der Waals surface area contributed by atoms with Gasteiger partial charge in [-0.15, -0.1) is 0 Å². The lowest BCUT2D eigenvalue weighted by Crippen LogP contribution is -2.01. The van der Waals surface area contributed by atoms with E-state index in [0.29, 0.717) is 29.0 Å². The maximum atomic E-state index is 11.2. The van der Waals surface area contributed by atoms with Crippen LogP contribution in [0.5, 0.6) is 0 Å². The van der Waals surface area contributed by atoms with E-state index < -0.39 is 5.97 Å². The molecule has 102 valence electrons. The highest BCUT2D eigenvalue weighted by atomic mass is 16.4. The highest BCUT2D eigenvalue weighted by Crippen LogP contribution is 2.26. The van der Waals surface area contributed by atoms with Gasteiger partial charge in [0.25, 0.3) is 0 Å². The zero-order valence-electron chi connectivity index (χ0n) is 11.1. The lowest BCUT2D eigenvalue weighted by molar-refractivity contribution is 0.0696. The van der Waals surface area contributed by atoms with Crippen LogP contribution in [-0.4, -0.2) is 11.1 Å². The van der Waals surface area contributed by atoms with Crippen molar-refractivity contribution in [3.8, 4) is 0 Å². The average Bonchev–Trinajstić information content (AvgIpc) is 2.46. The van der Waals surface area contributed by atoms with Crippen molar-refractivity contribution in [3.63, 3.8) is 0 Å². The van der Waals surface area contributed by atoms with Crippen LogP contribution in [0.2, 0.25) is 0 Å². The third-order valence-corrected chi connectivity index (χ3v) is 2.90. The van der Waals surface area contributed by atoms with Crippen LogP contribution in [0.15, 0.2) is 52.7 Å². The van der Waals surface area contributed by atoms with Crippen molar-refractivity contribution >= 4 is 23.0 Å². The van der Waals surface area contributed by atoms with Crippen molar-refractivity contribution < 1.29 is 9.90 Å². The number of carboxylic acid groups (broad SMARTS) is 1. The second-order valence-corrected chi connectivity index (χ2v) is 4.25. The summed E-state index contributed by atoms with van der Waals surface area (Å²) in [6.07, 6.45) is 0.582. The minimum atomic E-state index is -0.952. The molecular formula is C15H15N3O2. The van der Waals surface area contributed by atoms with Gasteiger partial charge in [0, 0.05) is 5.69 Å². The highest BCUT2D eigenvalue weighted by Gasteiger charge is 2.11. The largest absolute Gasteiger partial charge is 0.478 e. The van der Waals surface area contributed by atoms with Crippen LogP contribution >= 0.6 is 0 Å². The molecule has 0 unspecified atom stereocenters. The molecule has 0 bridgehead atoms. The molecule has 2 rings (SSSR count). The number of hydrogen-bond donors (Lipinski definition) is 2. The van der Waals surface area contributed by atoms with E-state index in [0.717, 1.165) is 0 Å². The third kappa shape index (κ3) is 3.00. The van der Waals surface area contributed by atoms with Gasteiger partial charge in [-0.05, 0) is 48.4 Å². The van der Waals surface area contributed by atoms with Gasteiger partial charge < -0.3 is 10.8 Å². The fourth-order valence-electron chi connectivity index (χ4n) is 1.89. The summed E-state index contributed by atoms with van der Waals surface area (Å²) in [5.41, 5.74) is 8.44. The molecule has 0 saturated heterocycles. The quantitative estimate of drug-likeness (QED) is 0.650. The molecule has 0 aliphatic rings. The van der Waals surface area contributed by atoms with Gasteiger partial charge in [0.2, 0.25) is 0 Å². The lowest BCUT2D eigenvalue weighted by atomic mass is 10.0. The van der Waals surface area contributed by atoms with Crippen LogP contribution in [0.25, 0.3) is 0 Å². The molecule has 3 N–H and O–H groups in total. The molecule has 0 fully saturated rings. The van der Waals surface area contributed by atoms with E-state index in [4.69, 9.17) is 10.8 Å². The number of aromatic carboxylic acids is 1. The molecule has 2 aromatic carbocycles. The van der Waals surface area contributed by atoms with Crippen molar-refractivity contribution in [2.24, 2.45) is 10.2 Å². The number of nitrogens with two attached hydrogens (primary N) is 1. The third-order valence-electron chi connectivity index (χ3n) is 2.90. The van der Waals surface area contributed by atoms with Crippen molar-refractivity contribution in [1.29, 1.82) is 0 Å². The fraction of sp³-hybridized carbons (Fsp3) is 0.133. The van der Waals surface area contributed by atoms with Crippen LogP contribution in [0, 0.1) is 0 Å². The van der Waals surface area contributed by atoms with Crippen molar-refractivity contribution in [2.45, 2.75) is 13.3 Å². The van der Waals surface area contributed by atoms with Gasteiger partial charge in [-0.2, -0.15) is 10.2 Å². The number of azo groups is 1. The zero-order chi connectivity index (χ0) is 14.5. The van der Waals surface area contributed by atoms with Crippen molar-refractivity contribution in [3.05, 3.63) is 53.6 Å². The normalized spacial score (nSPS) is 10.8. The van der Waals surface area contributed by atoms with Crippen LogP contribution in [0.3, 0.4) is 0 Å². The molecule has 20 heavy (non-hydrogen) atoms. The number of nitrogen functional groups attached to an aromatic ring is 1. The Bertz CT molecular complexity index is 649. The SMILES string of the molecule is CCc1c(N=Nc2ccc(N)cc2)cccc1C(=O)O. The molecule has 0 aliphatic carbocycles. The van der Waals surface area contributed by atoms with Gasteiger partial charge in [0.1, 0.15) is 0 Å². The smallest absolute Gasteiger partial charge is 0.336 e. The minimum Gasteiger partial charge on any atom is -0.478 e. The second kappa shape index (κ2) is 5.97. The van der Waals surface area contributed by atoms with Gasteiger partial charge in [-0.3, -0.25) is 0 Å². The second-order valence-electron chi connectivity index (χ2n) is 4.25. The van der Waals surface area contributed by atoms with E-state index in [1.54, 1.807) is 42.5 Å². The summed E-state index contributed by atoms with van der Waals surface area (Å²) in [6.45, 7) is 1.89. The van der Waals surface area contributed by atoms with Crippen LogP contribution in [0.4, 0.5) is 17.1 Å². The zero-order valence-corrected chi connectivity index (χ0v) is 11.1. The summed E-state index contributed by atoms with van der Waals surface area (Å²) in [6, 6.07) is 12.0. The van der Waals surface area contributed by atoms with Gasteiger partial charge in [0.05, 0.1) is 16.9 Å². The first-order valence-corrected chi connectivity index (χ1v) is 6.24. The van der Waals surface area contributed by atoms with Crippen LogP contribution < -0.4 is 5.73 Å². The fourth-order valence-corrected chi connectivity index (χ4v) is 1.89. The van der Waals surface area contributed by atoms with E-state index in [1.165, 1.54) is 0 Å². The molecule has 0 saturated carbocycles. The molecule has 5 heteroatoms. The van der Waals surface area contributed by atoms with Crippen LogP contribution in [-0.2, 0) is 6.42 Å². The van der Waals surface area contributed by atoms with E-state index in [-0.39, 0.29) is 5.56 Å². The molecule has 0 aliphatic heterocycles. The molecule has 0 amide bonds. The lowest BCUT2D eigenvalue weighted by Gasteiger charge is -2.06. The number of anilines is 1. The van der Waals surface area contributed by atoms with Crippen LogP contribution in [0.1, 0.15) is 22.8 Å². The van der Waals surface area contributed by atoms with E-state index in [9.17, 15) is 4.79 Å². The van der Waals surface area contributed by atoms with E-state index in [1.807, 2.05) is 6.92 Å². The Morgan fingerprint density at radius 2 is 1.85 bits per heavy atom. The van der Waals surface area contributed by atoms with Gasteiger partial charge in [0.15, 0.2) is 0 Å². The number of rotatable bonds is 4. The van der Waals surface area contributed by atoms with Gasteiger partial charge >= 0.3 is 5.97 Å². The molecule has 0 spiro atoms. The first-order chi connectivity index (χ1) is 9.61. The molecule has 0 aromatic heterocycles. The number of carboxylic acids is 1.